The number of rotatable bonds is 5. The van der Waals surface area contributed by atoms with Crippen LogP contribution in [-0.2, 0) is 4.79 Å². The maximum Gasteiger partial charge on any atom is 0.223 e. The fourth-order valence-electron chi connectivity index (χ4n) is 2.20. The fourth-order valence-corrected chi connectivity index (χ4v) is 2.20. The first kappa shape index (κ1) is 12.1. The summed E-state index contributed by atoms with van der Waals surface area (Å²) in [5.41, 5.74) is 5.63. The molecule has 15 heavy (non-hydrogen) atoms. The molecule has 0 aromatic carbocycles. The van der Waals surface area contributed by atoms with Gasteiger partial charge in [-0.2, -0.15) is 0 Å². The first-order valence-corrected chi connectivity index (χ1v) is 5.70. The lowest BCUT2D eigenvalue weighted by atomic mass is 9.95. The second-order valence-electron chi connectivity index (χ2n) is 4.13. The normalized spacial score (nSPS) is 24.8. The monoisotopic (exact) mass is 208 g/mol. The van der Waals surface area contributed by atoms with Crippen LogP contribution in [0.5, 0.6) is 0 Å². The van der Waals surface area contributed by atoms with E-state index in [4.69, 9.17) is 12.2 Å². The molecule has 84 valence electrons. The average molecular weight is 208 g/mol. The summed E-state index contributed by atoms with van der Waals surface area (Å²) in [6, 6.07) is 0. The number of hydrogen-bond acceptors (Lipinski definition) is 2. The highest BCUT2D eigenvalue weighted by atomic mass is 16.1. The minimum atomic E-state index is 0.140. The molecule has 3 heteroatoms. The number of terminal acetylenes is 1. The Morgan fingerprint density at radius 3 is 3.00 bits per heavy atom. The van der Waals surface area contributed by atoms with Crippen LogP contribution in [0.3, 0.4) is 0 Å². The zero-order chi connectivity index (χ0) is 11.1. The van der Waals surface area contributed by atoms with Crippen LogP contribution in [0.15, 0.2) is 0 Å². The van der Waals surface area contributed by atoms with E-state index < -0.39 is 0 Å². The van der Waals surface area contributed by atoms with Gasteiger partial charge in [-0.1, -0.05) is 6.42 Å². The van der Waals surface area contributed by atoms with Crippen LogP contribution in [-0.4, -0.2) is 19.0 Å². The molecular formula is C12H20N2O. The van der Waals surface area contributed by atoms with Gasteiger partial charge in [-0.15, -0.1) is 12.3 Å². The van der Waals surface area contributed by atoms with Crippen LogP contribution in [0.25, 0.3) is 0 Å². The molecule has 1 rings (SSSR count). The number of carbonyl (C=O) groups is 1. The van der Waals surface area contributed by atoms with Gasteiger partial charge in [0.15, 0.2) is 0 Å². The minimum absolute atomic E-state index is 0.140. The molecule has 1 fully saturated rings. The molecular weight excluding hydrogens is 188 g/mol. The van der Waals surface area contributed by atoms with Crippen molar-refractivity contribution in [1.82, 2.24) is 5.32 Å². The molecule has 1 amide bonds. The predicted molar refractivity (Wildman–Crippen MR) is 61.0 cm³/mol. The van der Waals surface area contributed by atoms with Gasteiger partial charge in [0.05, 0.1) is 0 Å². The summed E-state index contributed by atoms with van der Waals surface area (Å²) in [6.45, 7) is 1.32. The van der Waals surface area contributed by atoms with Gasteiger partial charge in [0.2, 0.25) is 5.91 Å². The van der Waals surface area contributed by atoms with Crippen LogP contribution in [0.2, 0.25) is 0 Å². The number of nitrogens with one attached hydrogen (secondary N) is 1. The van der Waals surface area contributed by atoms with E-state index in [0.29, 0.717) is 19.0 Å². The van der Waals surface area contributed by atoms with Gasteiger partial charge in [-0.25, -0.2) is 0 Å². The maximum atomic E-state index is 11.8. The molecule has 0 aromatic heterocycles. The lowest BCUT2D eigenvalue weighted by Gasteiger charge is -2.17. The minimum Gasteiger partial charge on any atom is -0.356 e. The van der Waals surface area contributed by atoms with E-state index in [9.17, 15) is 4.79 Å². The number of amides is 1. The lowest BCUT2D eigenvalue weighted by Crippen LogP contribution is -2.35. The van der Waals surface area contributed by atoms with Crippen molar-refractivity contribution in [3.63, 3.8) is 0 Å². The van der Waals surface area contributed by atoms with Crippen molar-refractivity contribution in [2.75, 3.05) is 13.1 Å². The zero-order valence-electron chi connectivity index (χ0n) is 9.17. The molecule has 0 spiro atoms. The number of nitrogens with two attached hydrogens (primary N) is 1. The van der Waals surface area contributed by atoms with Crippen molar-refractivity contribution in [1.29, 1.82) is 0 Å². The van der Waals surface area contributed by atoms with Gasteiger partial charge in [-0.3, -0.25) is 4.79 Å². The molecule has 0 bridgehead atoms. The predicted octanol–water partition coefficient (Wildman–Crippen LogP) is 0.891. The molecule has 0 aliphatic heterocycles. The Labute approximate surface area is 91.8 Å². The van der Waals surface area contributed by atoms with Crippen molar-refractivity contribution >= 4 is 5.91 Å². The molecule has 1 aliphatic rings. The van der Waals surface area contributed by atoms with Crippen LogP contribution in [0, 0.1) is 24.2 Å². The second kappa shape index (κ2) is 6.47. The number of hydrogen-bond donors (Lipinski definition) is 2. The van der Waals surface area contributed by atoms with E-state index in [0.717, 1.165) is 32.1 Å². The summed E-state index contributed by atoms with van der Waals surface area (Å²) in [5, 5.41) is 2.93. The first-order chi connectivity index (χ1) is 7.29. The number of carbonyl (C=O) groups excluding carboxylic acids is 1. The van der Waals surface area contributed by atoms with Gasteiger partial charge < -0.3 is 11.1 Å². The van der Waals surface area contributed by atoms with Crippen molar-refractivity contribution in [3.05, 3.63) is 0 Å². The summed E-state index contributed by atoms with van der Waals surface area (Å²) in [7, 11) is 0. The maximum absolute atomic E-state index is 11.8. The summed E-state index contributed by atoms with van der Waals surface area (Å²) in [6.07, 6.45) is 9.94. The van der Waals surface area contributed by atoms with Crippen LogP contribution in [0.1, 0.15) is 32.1 Å². The largest absolute Gasteiger partial charge is 0.356 e. The molecule has 1 saturated carbocycles. The van der Waals surface area contributed by atoms with E-state index in [-0.39, 0.29) is 11.8 Å². The first-order valence-electron chi connectivity index (χ1n) is 5.70. The average Bonchev–Trinajstić information content (AvgIpc) is 2.72. The summed E-state index contributed by atoms with van der Waals surface area (Å²) in [5.74, 6) is 3.25. The van der Waals surface area contributed by atoms with E-state index in [1.165, 1.54) is 0 Å². The van der Waals surface area contributed by atoms with Gasteiger partial charge in [0.1, 0.15) is 0 Å². The molecule has 0 saturated heterocycles. The van der Waals surface area contributed by atoms with Crippen LogP contribution in [0.4, 0.5) is 0 Å². The SMILES string of the molecule is C#CCCCNC(=O)C1CCCC1CN. The molecule has 2 unspecified atom stereocenters. The lowest BCUT2D eigenvalue weighted by molar-refractivity contribution is -0.125. The molecule has 3 N–H and O–H groups in total. The van der Waals surface area contributed by atoms with Gasteiger partial charge in [-0.05, 0) is 31.7 Å². The third-order valence-corrected chi connectivity index (χ3v) is 3.10. The highest BCUT2D eigenvalue weighted by Gasteiger charge is 2.31. The summed E-state index contributed by atoms with van der Waals surface area (Å²) in [4.78, 5) is 11.8. The van der Waals surface area contributed by atoms with E-state index in [2.05, 4.69) is 11.2 Å². The fraction of sp³-hybridized carbons (Fsp3) is 0.750. The van der Waals surface area contributed by atoms with Crippen molar-refractivity contribution in [2.45, 2.75) is 32.1 Å². The number of unbranched alkanes of at least 4 members (excludes halogenated alkanes) is 1. The summed E-state index contributed by atoms with van der Waals surface area (Å²) >= 11 is 0. The van der Waals surface area contributed by atoms with E-state index in [1.54, 1.807) is 0 Å². The molecule has 3 nitrogen and oxygen atoms in total. The Hall–Kier alpha value is -1.01. The van der Waals surface area contributed by atoms with Crippen LogP contribution >= 0.6 is 0 Å². The topological polar surface area (TPSA) is 55.1 Å². The second-order valence-corrected chi connectivity index (χ2v) is 4.13. The highest BCUT2D eigenvalue weighted by molar-refractivity contribution is 5.79. The molecule has 0 heterocycles. The third kappa shape index (κ3) is 3.56. The van der Waals surface area contributed by atoms with Crippen molar-refractivity contribution in [3.8, 4) is 12.3 Å². The molecule has 1 aliphatic carbocycles. The van der Waals surface area contributed by atoms with Gasteiger partial charge >= 0.3 is 0 Å². The van der Waals surface area contributed by atoms with Gasteiger partial charge in [0, 0.05) is 18.9 Å². The Bertz CT molecular complexity index is 244. The third-order valence-electron chi connectivity index (χ3n) is 3.10. The summed E-state index contributed by atoms with van der Waals surface area (Å²) < 4.78 is 0. The highest BCUT2D eigenvalue weighted by Crippen LogP contribution is 2.30. The smallest absolute Gasteiger partial charge is 0.223 e. The zero-order valence-corrected chi connectivity index (χ0v) is 9.17. The Morgan fingerprint density at radius 1 is 1.53 bits per heavy atom. The Morgan fingerprint density at radius 2 is 2.33 bits per heavy atom. The van der Waals surface area contributed by atoms with Crippen molar-refractivity contribution < 1.29 is 4.79 Å². The van der Waals surface area contributed by atoms with E-state index in [1.807, 2.05) is 0 Å². The van der Waals surface area contributed by atoms with Crippen molar-refractivity contribution in [2.24, 2.45) is 17.6 Å². The standard InChI is InChI=1S/C12H20N2O/c1-2-3-4-8-14-12(15)11-7-5-6-10(11)9-13/h1,10-11H,3-9,13H2,(H,14,15). The van der Waals surface area contributed by atoms with Gasteiger partial charge in [0.25, 0.3) is 0 Å². The van der Waals surface area contributed by atoms with Crippen LogP contribution < -0.4 is 11.1 Å². The quantitative estimate of drug-likeness (QED) is 0.521. The Balaban J connectivity index is 2.24. The van der Waals surface area contributed by atoms with E-state index >= 15 is 0 Å². The molecule has 0 radical (unpaired) electrons. The molecule has 0 aromatic rings. The molecule has 2 atom stereocenters. The Kier molecular flexibility index (Phi) is 5.20.